The molecule has 0 aliphatic carbocycles. The van der Waals surface area contributed by atoms with Crippen LogP contribution in [0.5, 0.6) is 0 Å². The summed E-state index contributed by atoms with van der Waals surface area (Å²) >= 11 is 0. The summed E-state index contributed by atoms with van der Waals surface area (Å²) in [4.78, 5) is 0. The average Bonchev–Trinajstić information content (AvgIpc) is 2.30. The van der Waals surface area contributed by atoms with Gasteiger partial charge in [-0.2, -0.15) is 0 Å². The van der Waals surface area contributed by atoms with Gasteiger partial charge in [0.25, 0.3) is 0 Å². The quantitative estimate of drug-likeness (QED) is 0.721. The highest BCUT2D eigenvalue weighted by atomic mass is 16.5. The predicted molar refractivity (Wildman–Crippen MR) is 82.6 cm³/mol. The molecule has 0 bridgehead atoms. The zero-order valence-corrected chi connectivity index (χ0v) is 13.2. The summed E-state index contributed by atoms with van der Waals surface area (Å²) in [6.07, 6.45) is 1.15. The third-order valence-electron chi connectivity index (χ3n) is 3.40. The lowest BCUT2D eigenvalue weighted by atomic mass is 10.00. The number of hydrogen-bond donors (Lipinski definition) is 1. The molecular weight excluding hydrogens is 234 g/mol. The fourth-order valence-corrected chi connectivity index (χ4v) is 2.27. The Morgan fingerprint density at radius 3 is 2.26 bits per heavy atom. The molecule has 0 amide bonds. The zero-order chi connectivity index (χ0) is 14.3. The Bertz CT molecular complexity index is 362. The SMILES string of the molecule is Cc1cc(C)c(CNCCOCCC(C)C)c(C)c1. The van der Waals surface area contributed by atoms with E-state index in [4.69, 9.17) is 4.74 Å². The van der Waals surface area contributed by atoms with E-state index in [1.165, 1.54) is 22.3 Å². The van der Waals surface area contributed by atoms with Crippen LogP contribution in [-0.2, 0) is 11.3 Å². The van der Waals surface area contributed by atoms with Crippen molar-refractivity contribution in [3.05, 3.63) is 34.4 Å². The van der Waals surface area contributed by atoms with E-state index in [1.807, 2.05) is 0 Å². The number of nitrogens with one attached hydrogen (secondary N) is 1. The van der Waals surface area contributed by atoms with Crippen molar-refractivity contribution in [1.29, 1.82) is 0 Å². The Kier molecular flexibility index (Phi) is 7.11. The van der Waals surface area contributed by atoms with Crippen LogP contribution in [-0.4, -0.2) is 19.8 Å². The van der Waals surface area contributed by atoms with Crippen molar-refractivity contribution in [2.24, 2.45) is 5.92 Å². The topological polar surface area (TPSA) is 21.3 Å². The summed E-state index contributed by atoms with van der Waals surface area (Å²) in [5.41, 5.74) is 5.53. The normalized spacial score (nSPS) is 11.3. The fraction of sp³-hybridized carbons (Fsp3) is 0.647. The van der Waals surface area contributed by atoms with Gasteiger partial charge in [-0.1, -0.05) is 31.5 Å². The third-order valence-corrected chi connectivity index (χ3v) is 3.40. The minimum absolute atomic E-state index is 0.728. The molecule has 0 aromatic heterocycles. The van der Waals surface area contributed by atoms with Gasteiger partial charge in [0.15, 0.2) is 0 Å². The molecule has 0 fully saturated rings. The minimum atomic E-state index is 0.728. The molecule has 0 atom stereocenters. The predicted octanol–water partition coefficient (Wildman–Crippen LogP) is 3.76. The van der Waals surface area contributed by atoms with Gasteiger partial charge in [-0.05, 0) is 49.8 Å². The first-order chi connectivity index (χ1) is 9.00. The molecule has 1 aromatic carbocycles. The van der Waals surface area contributed by atoms with E-state index in [-0.39, 0.29) is 0 Å². The maximum atomic E-state index is 5.60. The van der Waals surface area contributed by atoms with Crippen molar-refractivity contribution >= 4 is 0 Å². The van der Waals surface area contributed by atoms with Crippen LogP contribution in [0.1, 0.15) is 42.5 Å². The van der Waals surface area contributed by atoms with Crippen molar-refractivity contribution in [2.75, 3.05) is 19.8 Å². The first-order valence-electron chi connectivity index (χ1n) is 7.36. The van der Waals surface area contributed by atoms with Crippen LogP contribution in [0.25, 0.3) is 0 Å². The lowest BCUT2D eigenvalue weighted by molar-refractivity contribution is 0.125. The zero-order valence-electron chi connectivity index (χ0n) is 13.2. The lowest BCUT2D eigenvalue weighted by Crippen LogP contribution is -2.20. The van der Waals surface area contributed by atoms with Gasteiger partial charge in [-0.3, -0.25) is 0 Å². The van der Waals surface area contributed by atoms with Gasteiger partial charge in [0.05, 0.1) is 6.61 Å². The van der Waals surface area contributed by atoms with Crippen molar-refractivity contribution < 1.29 is 4.74 Å². The van der Waals surface area contributed by atoms with Crippen LogP contribution in [0.4, 0.5) is 0 Å². The molecule has 1 N–H and O–H groups in total. The lowest BCUT2D eigenvalue weighted by Gasteiger charge is -2.12. The maximum absolute atomic E-state index is 5.60. The van der Waals surface area contributed by atoms with Gasteiger partial charge in [0.1, 0.15) is 0 Å². The van der Waals surface area contributed by atoms with Gasteiger partial charge in [0.2, 0.25) is 0 Å². The molecule has 19 heavy (non-hydrogen) atoms. The smallest absolute Gasteiger partial charge is 0.0591 e. The van der Waals surface area contributed by atoms with E-state index >= 15 is 0 Å². The molecule has 0 saturated carbocycles. The standard InChI is InChI=1S/C17H29NO/c1-13(2)6-8-19-9-7-18-12-17-15(4)10-14(3)11-16(17)5/h10-11,13,18H,6-9,12H2,1-5H3. The summed E-state index contributed by atoms with van der Waals surface area (Å²) in [7, 11) is 0. The van der Waals surface area contributed by atoms with Crippen LogP contribution in [0, 0.1) is 26.7 Å². The molecule has 2 heteroatoms. The summed E-state index contributed by atoms with van der Waals surface area (Å²) < 4.78 is 5.60. The van der Waals surface area contributed by atoms with Crippen LogP contribution in [0.3, 0.4) is 0 Å². The molecule has 0 saturated heterocycles. The van der Waals surface area contributed by atoms with E-state index < -0.39 is 0 Å². The molecule has 2 nitrogen and oxygen atoms in total. The summed E-state index contributed by atoms with van der Waals surface area (Å²) in [6.45, 7) is 14.5. The maximum Gasteiger partial charge on any atom is 0.0591 e. The molecule has 108 valence electrons. The van der Waals surface area contributed by atoms with E-state index in [1.54, 1.807) is 0 Å². The van der Waals surface area contributed by atoms with E-state index in [2.05, 4.69) is 52.1 Å². The molecule has 0 heterocycles. The Morgan fingerprint density at radius 2 is 1.68 bits per heavy atom. The molecular formula is C17H29NO. The monoisotopic (exact) mass is 263 g/mol. The largest absolute Gasteiger partial charge is 0.380 e. The van der Waals surface area contributed by atoms with Crippen molar-refractivity contribution in [2.45, 2.75) is 47.6 Å². The van der Waals surface area contributed by atoms with Crippen LogP contribution >= 0.6 is 0 Å². The molecule has 0 radical (unpaired) electrons. The second-order valence-electron chi connectivity index (χ2n) is 5.85. The molecule has 0 spiro atoms. The molecule has 0 aliphatic heterocycles. The van der Waals surface area contributed by atoms with Gasteiger partial charge >= 0.3 is 0 Å². The Morgan fingerprint density at radius 1 is 1.05 bits per heavy atom. The third kappa shape index (κ3) is 6.22. The minimum Gasteiger partial charge on any atom is -0.380 e. The second kappa shape index (κ2) is 8.34. The van der Waals surface area contributed by atoms with Crippen molar-refractivity contribution in [3.8, 4) is 0 Å². The highest BCUT2D eigenvalue weighted by molar-refractivity contribution is 5.37. The van der Waals surface area contributed by atoms with Gasteiger partial charge in [-0.25, -0.2) is 0 Å². The number of benzene rings is 1. The highest BCUT2D eigenvalue weighted by Gasteiger charge is 2.03. The molecule has 0 unspecified atom stereocenters. The van der Waals surface area contributed by atoms with Gasteiger partial charge in [-0.15, -0.1) is 0 Å². The Hall–Kier alpha value is -0.860. The van der Waals surface area contributed by atoms with E-state index in [0.717, 1.165) is 38.6 Å². The van der Waals surface area contributed by atoms with Crippen LogP contribution < -0.4 is 5.32 Å². The summed E-state index contributed by atoms with van der Waals surface area (Å²) in [5, 5.41) is 3.47. The number of hydrogen-bond acceptors (Lipinski definition) is 2. The Balaban J connectivity index is 2.23. The number of aryl methyl sites for hydroxylation is 3. The number of rotatable bonds is 8. The number of ether oxygens (including phenoxy) is 1. The highest BCUT2D eigenvalue weighted by Crippen LogP contribution is 2.15. The van der Waals surface area contributed by atoms with Crippen molar-refractivity contribution in [3.63, 3.8) is 0 Å². The first-order valence-corrected chi connectivity index (χ1v) is 7.36. The van der Waals surface area contributed by atoms with E-state index in [0.29, 0.717) is 0 Å². The van der Waals surface area contributed by atoms with Gasteiger partial charge < -0.3 is 10.1 Å². The summed E-state index contributed by atoms with van der Waals surface area (Å²) in [6, 6.07) is 4.51. The summed E-state index contributed by atoms with van der Waals surface area (Å²) in [5.74, 6) is 0.728. The second-order valence-corrected chi connectivity index (χ2v) is 5.85. The average molecular weight is 263 g/mol. The first kappa shape index (κ1) is 16.2. The van der Waals surface area contributed by atoms with Crippen molar-refractivity contribution in [1.82, 2.24) is 5.32 Å². The molecule has 1 aromatic rings. The fourth-order valence-electron chi connectivity index (χ4n) is 2.27. The van der Waals surface area contributed by atoms with E-state index in [9.17, 15) is 0 Å². The van der Waals surface area contributed by atoms with Gasteiger partial charge in [0, 0.05) is 19.7 Å². The Labute approximate surface area is 118 Å². The van der Waals surface area contributed by atoms with Crippen LogP contribution in [0.15, 0.2) is 12.1 Å². The molecule has 0 aliphatic rings. The molecule has 1 rings (SSSR count). The van der Waals surface area contributed by atoms with Crippen LogP contribution in [0.2, 0.25) is 0 Å².